The van der Waals surface area contributed by atoms with Crippen molar-refractivity contribution in [3.63, 3.8) is 0 Å². The van der Waals surface area contributed by atoms with Crippen LogP contribution in [0.2, 0.25) is 0 Å². The third-order valence-corrected chi connectivity index (χ3v) is 6.05. The number of carbonyl (C=O) groups is 1. The highest BCUT2D eigenvalue weighted by atomic mass is 16.2. The smallest absolute Gasteiger partial charge is 0.277 e. The van der Waals surface area contributed by atoms with Gasteiger partial charge in [-0.25, -0.2) is 19.9 Å². The van der Waals surface area contributed by atoms with E-state index in [1.54, 1.807) is 12.4 Å². The number of fused-ring (bicyclic) bond motifs is 1. The molecule has 0 aromatic carbocycles. The van der Waals surface area contributed by atoms with E-state index in [4.69, 9.17) is 0 Å². The number of amides is 1. The van der Waals surface area contributed by atoms with Crippen LogP contribution in [-0.2, 0) is 0 Å². The molecule has 1 atom stereocenters. The molecule has 29 heavy (non-hydrogen) atoms. The monoisotopic (exact) mass is 392 g/mol. The molecule has 0 radical (unpaired) electrons. The number of aryl methyl sites for hydroxylation is 2. The number of aromatic nitrogens is 5. The molecule has 1 saturated heterocycles. The number of imidazole rings is 1. The van der Waals surface area contributed by atoms with E-state index < -0.39 is 0 Å². The van der Waals surface area contributed by atoms with E-state index in [0.717, 1.165) is 35.9 Å². The zero-order valence-corrected chi connectivity index (χ0v) is 16.8. The van der Waals surface area contributed by atoms with E-state index in [0.29, 0.717) is 17.3 Å². The summed E-state index contributed by atoms with van der Waals surface area (Å²) in [6.45, 7) is 5.70. The molecule has 3 aromatic heterocycles. The van der Waals surface area contributed by atoms with E-state index in [1.807, 2.05) is 31.5 Å². The third-order valence-electron chi connectivity index (χ3n) is 6.05. The first kappa shape index (κ1) is 18.0. The van der Waals surface area contributed by atoms with Crippen molar-refractivity contribution in [2.24, 2.45) is 5.41 Å². The first-order chi connectivity index (χ1) is 14.0. The van der Waals surface area contributed by atoms with Crippen LogP contribution in [0, 0.1) is 19.3 Å². The Labute approximate surface area is 168 Å². The summed E-state index contributed by atoms with van der Waals surface area (Å²) in [7, 11) is 2.02. The maximum Gasteiger partial charge on any atom is 0.277 e. The van der Waals surface area contributed by atoms with Gasteiger partial charge in [0.15, 0.2) is 5.65 Å². The minimum atomic E-state index is -0.333. The number of hydrogen-bond donors (Lipinski definition) is 2. The number of nitrogens with one attached hydrogen (secondary N) is 2. The van der Waals surface area contributed by atoms with Crippen molar-refractivity contribution in [1.29, 1.82) is 0 Å². The normalized spacial score (nSPS) is 19.8. The average Bonchev–Trinajstić information content (AvgIpc) is 3.22. The van der Waals surface area contributed by atoms with E-state index in [9.17, 15) is 4.79 Å². The number of likely N-dealkylation sites (N-methyl/N-ethyl adjacent to an activating group) is 1. The summed E-state index contributed by atoms with van der Waals surface area (Å²) in [5, 5.41) is 6.23. The molecule has 9 nitrogen and oxygen atoms in total. The second kappa shape index (κ2) is 6.48. The molecular weight excluding hydrogens is 368 g/mol. The molecule has 2 aliphatic rings. The quantitative estimate of drug-likeness (QED) is 0.695. The van der Waals surface area contributed by atoms with Crippen molar-refractivity contribution >= 4 is 23.2 Å². The van der Waals surface area contributed by atoms with E-state index in [2.05, 4.69) is 35.5 Å². The molecule has 2 fully saturated rings. The Bertz CT molecular complexity index is 1090. The van der Waals surface area contributed by atoms with Crippen molar-refractivity contribution in [1.82, 2.24) is 29.7 Å². The van der Waals surface area contributed by atoms with Gasteiger partial charge in [0.2, 0.25) is 0 Å². The predicted octanol–water partition coefficient (Wildman–Crippen LogP) is 1.58. The number of rotatable bonds is 4. The summed E-state index contributed by atoms with van der Waals surface area (Å²) < 4.78 is 1.86. The van der Waals surface area contributed by atoms with Crippen LogP contribution in [0.25, 0.3) is 5.65 Å². The summed E-state index contributed by atoms with van der Waals surface area (Å²) in [5.41, 5.74) is 3.08. The minimum Gasteiger partial charge on any atom is -0.353 e. The molecule has 150 valence electrons. The lowest BCUT2D eigenvalue weighted by atomic mass is 10.0. The highest BCUT2D eigenvalue weighted by Gasteiger charge is 2.54. The fraction of sp³-hybridized carbons (Fsp3) is 0.450. The Kier molecular flexibility index (Phi) is 4.02. The van der Waals surface area contributed by atoms with Gasteiger partial charge in [-0.05, 0) is 33.7 Å². The first-order valence-electron chi connectivity index (χ1n) is 9.86. The van der Waals surface area contributed by atoms with Crippen molar-refractivity contribution < 1.29 is 4.79 Å². The van der Waals surface area contributed by atoms with Crippen LogP contribution in [0.15, 0.2) is 24.8 Å². The maximum atomic E-state index is 12.6. The van der Waals surface area contributed by atoms with E-state index in [1.165, 1.54) is 19.0 Å². The molecule has 1 aliphatic heterocycles. The number of anilines is 2. The van der Waals surface area contributed by atoms with Gasteiger partial charge in [0.25, 0.3) is 5.91 Å². The van der Waals surface area contributed by atoms with Crippen molar-refractivity contribution in [2.45, 2.75) is 32.7 Å². The van der Waals surface area contributed by atoms with Gasteiger partial charge in [0.1, 0.15) is 17.3 Å². The van der Waals surface area contributed by atoms with Gasteiger partial charge in [-0.1, -0.05) is 0 Å². The van der Waals surface area contributed by atoms with Crippen molar-refractivity contribution in [3.8, 4) is 0 Å². The first-order valence-corrected chi connectivity index (χ1v) is 9.86. The van der Waals surface area contributed by atoms with Crippen LogP contribution in [0.4, 0.5) is 11.6 Å². The maximum absolute atomic E-state index is 12.6. The fourth-order valence-electron chi connectivity index (χ4n) is 4.32. The molecule has 1 aliphatic carbocycles. The number of hydrogen-bond acceptors (Lipinski definition) is 7. The molecular formula is C20H24N8O. The van der Waals surface area contributed by atoms with Crippen LogP contribution in [-0.4, -0.2) is 56.4 Å². The van der Waals surface area contributed by atoms with Gasteiger partial charge >= 0.3 is 0 Å². The summed E-state index contributed by atoms with van der Waals surface area (Å²) in [6.07, 6.45) is 9.38. The van der Waals surface area contributed by atoms with E-state index >= 15 is 0 Å². The molecule has 1 amide bonds. The predicted molar refractivity (Wildman–Crippen MR) is 109 cm³/mol. The minimum absolute atomic E-state index is 0.264. The summed E-state index contributed by atoms with van der Waals surface area (Å²) in [5.74, 6) is 0.936. The summed E-state index contributed by atoms with van der Waals surface area (Å²) in [4.78, 5) is 32.5. The third kappa shape index (κ3) is 3.11. The van der Waals surface area contributed by atoms with Gasteiger partial charge in [-0.15, -0.1) is 0 Å². The number of nitrogens with zero attached hydrogens (tertiary/aromatic N) is 6. The average molecular weight is 392 g/mol. The Hall–Kier alpha value is -3.07. The molecule has 0 bridgehead atoms. The van der Waals surface area contributed by atoms with Crippen LogP contribution < -0.4 is 15.5 Å². The molecule has 5 rings (SSSR count). The van der Waals surface area contributed by atoms with Gasteiger partial charge in [-0.2, -0.15) is 0 Å². The van der Waals surface area contributed by atoms with Gasteiger partial charge in [0, 0.05) is 30.7 Å². The van der Waals surface area contributed by atoms with Gasteiger partial charge in [-0.3, -0.25) is 4.79 Å². The molecule has 2 N–H and O–H groups in total. The zero-order chi connectivity index (χ0) is 20.2. The molecule has 1 spiro atoms. The van der Waals surface area contributed by atoms with Crippen LogP contribution in [0.5, 0.6) is 0 Å². The van der Waals surface area contributed by atoms with Crippen molar-refractivity contribution in [2.75, 3.05) is 30.4 Å². The van der Waals surface area contributed by atoms with Gasteiger partial charge < -0.3 is 19.9 Å². The largest absolute Gasteiger partial charge is 0.353 e. The highest BCUT2D eigenvalue weighted by Crippen LogP contribution is 2.53. The molecule has 4 heterocycles. The molecule has 0 unspecified atom stereocenters. The Morgan fingerprint density at radius 2 is 2.00 bits per heavy atom. The lowest BCUT2D eigenvalue weighted by molar-refractivity contribution is 0.102. The second-order valence-electron chi connectivity index (χ2n) is 8.12. The van der Waals surface area contributed by atoms with Crippen LogP contribution >= 0.6 is 0 Å². The Balaban J connectivity index is 1.31. The molecule has 9 heteroatoms. The van der Waals surface area contributed by atoms with Crippen LogP contribution in [0.1, 0.15) is 34.7 Å². The number of carbonyl (C=O) groups excluding carboxylic acids is 1. The Morgan fingerprint density at radius 3 is 2.66 bits per heavy atom. The zero-order valence-electron chi connectivity index (χ0n) is 16.8. The van der Waals surface area contributed by atoms with Gasteiger partial charge in [0.05, 0.1) is 30.0 Å². The van der Waals surface area contributed by atoms with Crippen molar-refractivity contribution in [3.05, 3.63) is 41.9 Å². The SMILES string of the molecule is CN[C@H]1CN(c2cnc(C(=O)Nc3cn4cc(C)nc4c(C)n3)cn2)CC12CC2. The highest BCUT2D eigenvalue weighted by molar-refractivity contribution is 6.02. The molecule has 3 aromatic rings. The lowest BCUT2D eigenvalue weighted by Gasteiger charge is -2.16. The van der Waals surface area contributed by atoms with E-state index in [-0.39, 0.29) is 11.6 Å². The lowest BCUT2D eigenvalue weighted by Crippen LogP contribution is -2.34. The Morgan fingerprint density at radius 1 is 1.17 bits per heavy atom. The topological polar surface area (TPSA) is 100 Å². The fourth-order valence-corrected chi connectivity index (χ4v) is 4.32. The summed E-state index contributed by atoms with van der Waals surface area (Å²) >= 11 is 0. The summed E-state index contributed by atoms with van der Waals surface area (Å²) in [6, 6.07) is 0.489. The van der Waals surface area contributed by atoms with Crippen LogP contribution in [0.3, 0.4) is 0 Å². The standard InChI is InChI=1S/C20H24N8O/c1-12-8-27-10-16(25-13(2)18(27)24-12)26-19(29)14-6-23-17(7-22-14)28-9-15(21-3)20(11-28)4-5-20/h6-8,10,15,21H,4-5,9,11H2,1-3H3,(H,26,29)/t15-/m0/s1. The molecule has 1 saturated carbocycles. The second-order valence-corrected chi connectivity index (χ2v) is 8.12.